The molecule has 118 valence electrons. The Morgan fingerprint density at radius 1 is 1.33 bits per heavy atom. The van der Waals surface area contributed by atoms with Crippen LogP contribution < -0.4 is 11.1 Å². The van der Waals surface area contributed by atoms with E-state index in [1.165, 1.54) is 24.2 Å². The van der Waals surface area contributed by atoms with Crippen LogP contribution in [0.4, 0.5) is 10.9 Å². The number of carbonyl (C=O) groups is 1. The quantitative estimate of drug-likeness (QED) is 0.734. The standard InChI is InChI=1S/C15H26N4OS/c1-3-5-9-19(10-6-4-2)14(20)12-13(16)18-15(21-12)17-11-7-8-11/h11H,3-10,16H2,1-2H3,(H,17,18). The molecule has 1 amide bonds. The molecule has 3 N–H and O–H groups in total. The molecule has 0 spiro atoms. The van der Waals surface area contributed by atoms with E-state index < -0.39 is 0 Å². The van der Waals surface area contributed by atoms with Crippen LogP contribution >= 0.6 is 11.3 Å². The van der Waals surface area contributed by atoms with Crippen molar-refractivity contribution in [3.8, 4) is 0 Å². The van der Waals surface area contributed by atoms with E-state index in [2.05, 4.69) is 24.1 Å². The minimum Gasteiger partial charge on any atom is -0.382 e. The van der Waals surface area contributed by atoms with E-state index in [0.29, 0.717) is 16.7 Å². The molecule has 1 saturated carbocycles. The summed E-state index contributed by atoms with van der Waals surface area (Å²) in [7, 11) is 0. The van der Waals surface area contributed by atoms with Crippen molar-refractivity contribution in [2.45, 2.75) is 58.4 Å². The molecule has 1 aliphatic carbocycles. The van der Waals surface area contributed by atoms with E-state index in [9.17, 15) is 4.79 Å². The normalized spacial score (nSPS) is 14.2. The Kier molecular flexibility index (Phi) is 5.85. The van der Waals surface area contributed by atoms with Gasteiger partial charge in [0.2, 0.25) is 0 Å². The van der Waals surface area contributed by atoms with Crippen molar-refractivity contribution in [3.05, 3.63) is 4.88 Å². The van der Waals surface area contributed by atoms with E-state index in [0.717, 1.165) is 43.9 Å². The molecule has 0 aromatic carbocycles. The average Bonchev–Trinajstić information content (AvgIpc) is 3.20. The fraction of sp³-hybridized carbons (Fsp3) is 0.733. The maximum atomic E-state index is 12.7. The molecule has 0 unspecified atom stereocenters. The van der Waals surface area contributed by atoms with Gasteiger partial charge >= 0.3 is 0 Å². The van der Waals surface area contributed by atoms with Crippen LogP contribution in [-0.4, -0.2) is 34.9 Å². The van der Waals surface area contributed by atoms with E-state index in [1.807, 2.05) is 4.90 Å². The van der Waals surface area contributed by atoms with Crippen LogP contribution in [0.5, 0.6) is 0 Å². The molecule has 1 heterocycles. The highest BCUT2D eigenvalue weighted by Crippen LogP contribution is 2.31. The minimum absolute atomic E-state index is 0.0377. The van der Waals surface area contributed by atoms with Crippen molar-refractivity contribution in [3.63, 3.8) is 0 Å². The number of amides is 1. The van der Waals surface area contributed by atoms with Gasteiger partial charge in [0, 0.05) is 19.1 Å². The first-order chi connectivity index (χ1) is 10.2. The number of rotatable bonds is 9. The van der Waals surface area contributed by atoms with Crippen molar-refractivity contribution in [2.75, 3.05) is 24.1 Å². The van der Waals surface area contributed by atoms with Crippen LogP contribution in [0, 0.1) is 0 Å². The number of nitrogens with two attached hydrogens (primary N) is 1. The highest BCUT2D eigenvalue weighted by molar-refractivity contribution is 7.18. The smallest absolute Gasteiger partial charge is 0.267 e. The molecule has 1 aliphatic rings. The number of nitrogens with one attached hydrogen (secondary N) is 1. The summed E-state index contributed by atoms with van der Waals surface area (Å²) in [5.74, 6) is 0.405. The summed E-state index contributed by atoms with van der Waals surface area (Å²) in [6.45, 7) is 5.89. The van der Waals surface area contributed by atoms with Gasteiger partial charge in [-0.05, 0) is 25.7 Å². The predicted molar refractivity (Wildman–Crippen MR) is 88.9 cm³/mol. The van der Waals surface area contributed by atoms with E-state index in [4.69, 9.17) is 5.73 Å². The third-order valence-electron chi connectivity index (χ3n) is 3.60. The fourth-order valence-corrected chi connectivity index (χ4v) is 3.04. The second-order valence-electron chi connectivity index (χ2n) is 5.65. The Labute approximate surface area is 130 Å². The summed E-state index contributed by atoms with van der Waals surface area (Å²) >= 11 is 1.39. The largest absolute Gasteiger partial charge is 0.382 e. The molecule has 1 aromatic rings. The lowest BCUT2D eigenvalue weighted by molar-refractivity contribution is 0.0756. The molecule has 0 bridgehead atoms. The number of anilines is 2. The van der Waals surface area contributed by atoms with Gasteiger partial charge in [0.15, 0.2) is 5.13 Å². The highest BCUT2D eigenvalue weighted by Gasteiger charge is 2.25. The van der Waals surface area contributed by atoms with Crippen molar-refractivity contribution in [2.24, 2.45) is 0 Å². The first-order valence-corrected chi connectivity index (χ1v) is 8.79. The van der Waals surface area contributed by atoms with Crippen molar-refractivity contribution >= 4 is 28.2 Å². The average molecular weight is 310 g/mol. The van der Waals surface area contributed by atoms with Crippen LogP contribution in [0.3, 0.4) is 0 Å². The van der Waals surface area contributed by atoms with Gasteiger partial charge in [0.25, 0.3) is 5.91 Å². The van der Waals surface area contributed by atoms with Gasteiger partial charge in [-0.3, -0.25) is 4.79 Å². The lowest BCUT2D eigenvalue weighted by Gasteiger charge is -2.21. The maximum absolute atomic E-state index is 12.7. The summed E-state index contributed by atoms with van der Waals surface area (Å²) in [5, 5.41) is 4.10. The highest BCUT2D eigenvalue weighted by atomic mass is 32.1. The number of nitrogen functional groups attached to an aromatic ring is 1. The molecule has 2 rings (SSSR count). The van der Waals surface area contributed by atoms with Crippen LogP contribution in [0.25, 0.3) is 0 Å². The van der Waals surface area contributed by atoms with Crippen molar-refractivity contribution in [1.29, 1.82) is 0 Å². The fourth-order valence-electron chi connectivity index (χ4n) is 2.11. The van der Waals surface area contributed by atoms with Gasteiger partial charge in [0.05, 0.1) is 0 Å². The molecular weight excluding hydrogens is 284 g/mol. The minimum atomic E-state index is 0.0377. The first-order valence-electron chi connectivity index (χ1n) is 7.97. The first kappa shape index (κ1) is 16.1. The van der Waals surface area contributed by atoms with Crippen LogP contribution in [0.15, 0.2) is 0 Å². The van der Waals surface area contributed by atoms with Gasteiger partial charge in [0.1, 0.15) is 10.7 Å². The van der Waals surface area contributed by atoms with Crippen LogP contribution in [0.1, 0.15) is 62.0 Å². The summed E-state index contributed by atoms with van der Waals surface area (Å²) < 4.78 is 0. The molecule has 5 nitrogen and oxygen atoms in total. The molecular formula is C15H26N4OS. The zero-order valence-corrected chi connectivity index (χ0v) is 13.8. The lowest BCUT2D eigenvalue weighted by atomic mass is 10.2. The molecule has 6 heteroatoms. The lowest BCUT2D eigenvalue weighted by Crippen LogP contribution is -2.32. The summed E-state index contributed by atoms with van der Waals surface area (Å²) in [4.78, 5) is 19.5. The van der Waals surface area contributed by atoms with Gasteiger partial charge in [-0.1, -0.05) is 38.0 Å². The number of hydrogen-bond donors (Lipinski definition) is 2. The number of carbonyl (C=O) groups excluding carboxylic acids is 1. The molecule has 0 atom stereocenters. The number of hydrogen-bond acceptors (Lipinski definition) is 5. The SMILES string of the molecule is CCCCN(CCCC)C(=O)c1sc(NC2CC2)nc1N. The molecule has 0 aliphatic heterocycles. The Hall–Kier alpha value is -1.30. The number of nitrogens with zero attached hydrogens (tertiary/aromatic N) is 2. The Morgan fingerprint density at radius 2 is 1.95 bits per heavy atom. The zero-order chi connectivity index (χ0) is 15.2. The van der Waals surface area contributed by atoms with E-state index in [-0.39, 0.29) is 5.91 Å². The number of unbranched alkanes of at least 4 members (excludes halogenated alkanes) is 2. The van der Waals surface area contributed by atoms with Crippen LogP contribution in [0.2, 0.25) is 0 Å². The summed E-state index contributed by atoms with van der Waals surface area (Å²) in [6.07, 6.45) is 6.59. The number of aromatic nitrogens is 1. The van der Waals surface area contributed by atoms with Crippen LogP contribution in [-0.2, 0) is 0 Å². The van der Waals surface area contributed by atoms with Gasteiger partial charge in [-0.2, -0.15) is 0 Å². The van der Waals surface area contributed by atoms with E-state index >= 15 is 0 Å². The van der Waals surface area contributed by atoms with E-state index in [1.54, 1.807) is 0 Å². The van der Waals surface area contributed by atoms with Gasteiger partial charge < -0.3 is 16.0 Å². The third kappa shape index (κ3) is 4.59. The molecule has 1 fully saturated rings. The maximum Gasteiger partial charge on any atom is 0.267 e. The van der Waals surface area contributed by atoms with Crippen molar-refractivity contribution in [1.82, 2.24) is 9.88 Å². The molecule has 1 aromatic heterocycles. The Morgan fingerprint density at radius 3 is 2.48 bits per heavy atom. The molecule has 0 saturated heterocycles. The Bertz CT molecular complexity index is 462. The summed E-state index contributed by atoms with van der Waals surface area (Å²) in [6, 6.07) is 0.523. The molecule has 21 heavy (non-hydrogen) atoms. The van der Waals surface area contributed by atoms with Gasteiger partial charge in [-0.15, -0.1) is 0 Å². The molecule has 0 radical (unpaired) electrons. The number of thiazole rings is 1. The monoisotopic (exact) mass is 310 g/mol. The topological polar surface area (TPSA) is 71.2 Å². The second-order valence-corrected chi connectivity index (χ2v) is 6.65. The predicted octanol–water partition coefficient (Wildman–Crippen LogP) is 3.34. The summed E-state index contributed by atoms with van der Waals surface area (Å²) in [5.41, 5.74) is 5.95. The zero-order valence-electron chi connectivity index (χ0n) is 13.0. The second kappa shape index (κ2) is 7.64. The van der Waals surface area contributed by atoms with Crippen molar-refractivity contribution < 1.29 is 4.79 Å². The third-order valence-corrected chi connectivity index (χ3v) is 4.59. The van der Waals surface area contributed by atoms with Gasteiger partial charge in [-0.25, -0.2) is 4.98 Å². The Balaban J connectivity index is 2.04.